The number of anilines is 1. The van der Waals surface area contributed by atoms with E-state index in [1.807, 2.05) is 0 Å². The molecule has 0 saturated carbocycles. The van der Waals surface area contributed by atoms with E-state index < -0.39 is 0 Å². The van der Waals surface area contributed by atoms with Crippen LogP contribution in [0.15, 0.2) is 18.6 Å². The van der Waals surface area contributed by atoms with Crippen molar-refractivity contribution >= 4 is 17.1 Å². The number of nitrogens with zero attached hydrogens (tertiary/aromatic N) is 4. The van der Waals surface area contributed by atoms with E-state index in [1.54, 1.807) is 18.6 Å². The summed E-state index contributed by atoms with van der Waals surface area (Å²) in [5, 5.41) is 0. The van der Waals surface area contributed by atoms with Crippen molar-refractivity contribution in [1.29, 1.82) is 0 Å². The molecule has 3 aromatic rings. The third-order valence-corrected chi connectivity index (χ3v) is 1.98. The van der Waals surface area contributed by atoms with Gasteiger partial charge in [-0.1, -0.05) is 0 Å². The van der Waals surface area contributed by atoms with E-state index in [1.165, 1.54) is 0 Å². The molecule has 74 valence electrons. The molecule has 0 saturated heterocycles. The molecule has 4 N–H and O–H groups in total. The first-order valence-corrected chi connectivity index (χ1v) is 4.31. The molecular formula is C8H7N7. The Morgan fingerprint density at radius 3 is 2.87 bits per heavy atom. The molecule has 0 amide bonds. The Hall–Kier alpha value is -2.44. The smallest absolute Gasteiger partial charge is 0.222 e. The summed E-state index contributed by atoms with van der Waals surface area (Å²) in [6.45, 7) is 0. The molecular weight excluding hydrogens is 194 g/mol. The first-order chi connectivity index (χ1) is 7.33. The minimum absolute atomic E-state index is 0.208. The minimum atomic E-state index is 0.208. The van der Waals surface area contributed by atoms with Gasteiger partial charge in [0.05, 0.1) is 6.20 Å². The zero-order chi connectivity index (χ0) is 10.3. The van der Waals surface area contributed by atoms with E-state index in [-0.39, 0.29) is 5.95 Å². The number of H-pyrrole nitrogens is 2. The molecule has 7 heteroatoms. The topological polar surface area (TPSA) is 109 Å². The van der Waals surface area contributed by atoms with Crippen LogP contribution in [0.2, 0.25) is 0 Å². The summed E-state index contributed by atoms with van der Waals surface area (Å²) in [5.41, 5.74) is 6.72. The quantitative estimate of drug-likeness (QED) is 0.525. The molecule has 3 aromatic heterocycles. The van der Waals surface area contributed by atoms with Crippen LogP contribution in [0.25, 0.3) is 22.8 Å². The van der Waals surface area contributed by atoms with Crippen LogP contribution in [0.1, 0.15) is 0 Å². The molecule has 0 radical (unpaired) electrons. The Morgan fingerprint density at radius 1 is 1.13 bits per heavy atom. The van der Waals surface area contributed by atoms with Crippen molar-refractivity contribution in [2.45, 2.75) is 0 Å². The maximum Gasteiger partial charge on any atom is 0.222 e. The molecule has 0 aliphatic carbocycles. The van der Waals surface area contributed by atoms with Gasteiger partial charge in [-0.25, -0.2) is 15.0 Å². The highest BCUT2D eigenvalue weighted by atomic mass is 15.1. The number of aromatic amines is 2. The summed E-state index contributed by atoms with van der Waals surface area (Å²) < 4.78 is 0. The Kier molecular flexibility index (Phi) is 1.46. The third-order valence-electron chi connectivity index (χ3n) is 1.98. The number of hydrogen-bond acceptors (Lipinski definition) is 5. The summed E-state index contributed by atoms with van der Waals surface area (Å²) in [4.78, 5) is 22.2. The van der Waals surface area contributed by atoms with Gasteiger partial charge in [0.25, 0.3) is 0 Å². The van der Waals surface area contributed by atoms with E-state index in [0.717, 1.165) is 5.52 Å². The standard InChI is InChI=1S/C8H7N7/c9-8-12-3-4-5(15-8)14-7(13-4)6-10-1-2-11-6/h1-3H,(H,10,11)(H3,9,12,13,14,15). The monoisotopic (exact) mass is 201 g/mol. The minimum Gasteiger partial charge on any atom is -0.368 e. The van der Waals surface area contributed by atoms with Gasteiger partial charge in [-0.3, -0.25) is 0 Å². The van der Waals surface area contributed by atoms with Crippen molar-refractivity contribution in [3.8, 4) is 11.6 Å². The SMILES string of the molecule is Nc1ncc2[nH]c(-c3ncc[nH]3)nc2n1. The summed E-state index contributed by atoms with van der Waals surface area (Å²) in [5.74, 6) is 1.49. The Balaban J connectivity index is 2.22. The second-order valence-corrected chi connectivity index (χ2v) is 2.99. The van der Waals surface area contributed by atoms with Crippen molar-refractivity contribution in [2.24, 2.45) is 0 Å². The van der Waals surface area contributed by atoms with Crippen LogP contribution in [0.5, 0.6) is 0 Å². The molecule has 0 aliphatic rings. The van der Waals surface area contributed by atoms with Gasteiger partial charge in [0, 0.05) is 12.4 Å². The molecule has 7 nitrogen and oxygen atoms in total. The fourth-order valence-corrected chi connectivity index (χ4v) is 1.33. The van der Waals surface area contributed by atoms with Gasteiger partial charge in [0.1, 0.15) is 5.52 Å². The van der Waals surface area contributed by atoms with Crippen LogP contribution >= 0.6 is 0 Å². The Morgan fingerprint density at radius 2 is 2.07 bits per heavy atom. The maximum atomic E-state index is 5.45. The summed E-state index contributed by atoms with van der Waals surface area (Å²) in [7, 11) is 0. The second kappa shape index (κ2) is 2.77. The number of nitrogen functional groups attached to an aromatic ring is 1. The Labute approximate surface area is 83.8 Å². The van der Waals surface area contributed by atoms with Crippen LogP contribution in [0, 0.1) is 0 Å². The predicted molar refractivity (Wildman–Crippen MR) is 53.7 cm³/mol. The van der Waals surface area contributed by atoms with E-state index in [2.05, 4.69) is 29.9 Å². The normalized spacial score (nSPS) is 10.9. The summed E-state index contributed by atoms with van der Waals surface area (Å²) in [6.07, 6.45) is 4.97. The lowest BCUT2D eigenvalue weighted by molar-refractivity contribution is 1.20. The van der Waals surface area contributed by atoms with Crippen molar-refractivity contribution in [3.05, 3.63) is 18.6 Å². The van der Waals surface area contributed by atoms with E-state index in [9.17, 15) is 0 Å². The molecule has 0 aliphatic heterocycles. The number of nitrogens with one attached hydrogen (secondary N) is 2. The average molecular weight is 201 g/mol. The van der Waals surface area contributed by atoms with Crippen molar-refractivity contribution < 1.29 is 0 Å². The lowest BCUT2D eigenvalue weighted by Gasteiger charge is -1.87. The first kappa shape index (κ1) is 7.92. The highest BCUT2D eigenvalue weighted by molar-refractivity contribution is 5.74. The molecule has 3 heterocycles. The molecule has 3 rings (SSSR count). The lowest BCUT2D eigenvalue weighted by Crippen LogP contribution is -1.93. The number of rotatable bonds is 1. The van der Waals surface area contributed by atoms with Crippen LogP contribution in [0.4, 0.5) is 5.95 Å². The van der Waals surface area contributed by atoms with Crippen molar-refractivity contribution in [3.63, 3.8) is 0 Å². The van der Waals surface area contributed by atoms with Crippen LogP contribution in [-0.4, -0.2) is 29.9 Å². The van der Waals surface area contributed by atoms with Gasteiger partial charge in [0.15, 0.2) is 17.3 Å². The highest BCUT2D eigenvalue weighted by Gasteiger charge is 2.08. The Bertz CT molecular complexity index is 595. The van der Waals surface area contributed by atoms with E-state index in [4.69, 9.17) is 5.73 Å². The number of aromatic nitrogens is 6. The van der Waals surface area contributed by atoms with Gasteiger partial charge in [0.2, 0.25) is 5.95 Å². The maximum absolute atomic E-state index is 5.45. The van der Waals surface area contributed by atoms with Gasteiger partial charge in [-0.05, 0) is 0 Å². The predicted octanol–water partition coefficient (Wildman–Crippen LogP) is 0.325. The molecule has 0 atom stereocenters. The number of imidazole rings is 2. The lowest BCUT2D eigenvalue weighted by atomic mass is 10.6. The zero-order valence-electron chi connectivity index (χ0n) is 7.60. The molecule has 0 bridgehead atoms. The highest BCUT2D eigenvalue weighted by Crippen LogP contribution is 2.15. The van der Waals surface area contributed by atoms with Gasteiger partial charge in [-0.15, -0.1) is 0 Å². The van der Waals surface area contributed by atoms with E-state index in [0.29, 0.717) is 17.3 Å². The van der Waals surface area contributed by atoms with Gasteiger partial charge in [-0.2, -0.15) is 4.98 Å². The molecule has 0 fully saturated rings. The van der Waals surface area contributed by atoms with E-state index >= 15 is 0 Å². The largest absolute Gasteiger partial charge is 0.368 e. The van der Waals surface area contributed by atoms with Crippen LogP contribution in [-0.2, 0) is 0 Å². The molecule has 0 spiro atoms. The number of fused-ring (bicyclic) bond motifs is 1. The van der Waals surface area contributed by atoms with Crippen LogP contribution in [0.3, 0.4) is 0 Å². The number of hydrogen-bond donors (Lipinski definition) is 3. The second-order valence-electron chi connectivity index (χ2n) is 2.99. The third kappa shape index (κ3) is 1.21. The van der Waals surface area contributed by atoms with Gasteiger partial charge < -0.3 is 15.7 Å². The fraction of sp³-hybridized carbons (Fsp3) is 0. The van der Waals surface area contributed by atoms with Crippen molar-refractivity contribution in [2.75, 3.05) is 5.73 Å². The fourth-order valence-electron chi connectivity index (χ4n) is 1.33. The zero-order valence-corrected chi connectivity index (χ0v) is 7.60. The first-order valence-electron chi connectivity index (χ1n) is 4.31. The molecule has 0 unspecified atom stereocenters. The van der Waals surface area contributed by atoms with Crippen molar-refractivity contribution in [1.82, 2.24) is 29.9 Å². The average Bonchev–Trinajstić information content (AvgIpc) is 2.84. The summed E-state index contributed by atoms with van der Waals surface area (Å²) >= 11 is 0. The van der Waals surface area contributed by atoms with Gasteiger partial charge >= 0.3 is 0 Å². The molecule has 15 heavy (non-hydrogen) atoms. The number of nitrogens with two attached hydrogens (primary N) is 1. The summed E-state index contributed by atoms with van der Waals surface area (Å²) in [6, 6.07) is 0. The van der Waals surface area contributed by atoms with Crippen LogP contribution < -0.4 is 5.73 Å². The molecule has 0 aromatic carbocycles.